The molecule has 154 valence electrons. The molecule has 2 aromatic carbocycles. The number of carbonyl (C=O) groups excluding carboxylic acids is 1. The summed E-state index contributed by atoms with van der Waals surface area (Å²) in [5, 5.41) is 0.661. The van der Waals surface area contributed by atoms with E-state index in [1.54, 1.807) is 17.0 Å². The van der Waals surface area contributed by atoms with E-state index in [1.807, 2.05) is 19.1 Å². The number of rotatable bonds is 7. The van der Waals surface area contributed by atoms with Gasteiger partial charge in [-0.05, 0) is 55.3 Å². The van der Waals surface area contributed by atoms with Crippen LogP contribution >= 0.6 is 11.3 Å². The van der Waals surface area contributed by atoms with Crippen molar-refractivity contribution in [2.45, 2.75) is 31.6 Å². The number of unbranched alkanes of at least 4 members (excludes halogenated alkanes) is 1. The van der Waals surface area contributed by atoms with Crippen LogP contribution in [0.1, 0.15) is 35.7 Å². The molecule has 1 heterocycles. The normalized spacial score (nSPS) is 11.9. The fraction of sp³-hybridized carbons (Fsp3) is 0.333. The average Bonchev–Trinajstić information content (AvgIpc) is 3.10. The number of thiazole rings is 1. The zero-order valence-corrected chi connectivity index (χ0v) is 18.7. The Morgan fingerprint density at radius 1 is 1.10 bits per heavy atom. The van der Waals surface area contributed by atoms with Gasteiger partial charge in [0.05, 0.1) is 15.1 Å². The van der Waals surface area contributed by atoms with Gasteiger partial charge in [-0.15, -0.1) is 0 Å². The molecule has 0 bridgehead atoms. The molecule has 0 saturated heterocycles. The Kier molecular flexibility index (Phi) is 6.36. The van der Waals surface area contributed by atoms with Crippen LogP contribution in [0.2, 0.25) is 0 Å². The smallest absolute Gasteiger partial charge is 0.260 e. The lowest BCUT2D eigenvalue weighted by Crippen LogP contribution is -2.32. The van der Waals surface area contributed by atoms with E-state index in [1.165, 1.54) is 37.6 Å². The first-order valence-corrected chi connectivity index (χ1v) is 11.7. The predicted molar refractivity (Wildman–Crippen MR) is 118 cm³/mol. The van der Waals surface area contributed by atoms with Crippen molar-refractivity contribution >= 4 is 42.6 Å². The first-order valence-electron chi connectivity index (χ1n) is 9.45. The van der Waals surface area contributed by atoms with Crippen LogP contribution in [-0.2, 0) is 10.0 Å². The molecule has 6 nitrogen and oxygen atoms in total. The molecule has 0 spiro atoms. The fourth-order valence-electron chi connectivity index (χ4n) is 2.87. The van der Waals surface area contributed by atoms with E-state index in [0.717, 1.165) is 32.9 Å². The molecule has 29 heavy (non-hydrogen) atoms. The average molecular weight is 432 g/mol. The van der Waals surface area contributed by atoms with Gasteiger partial charge < -0.3 is 0 Å². The number of nitrogens with zero attached hydrogens (tertiary/aromatic N) is 3. The Labute approximate surface area is 175 Å². The summed E-state index contributed by atoms with van der Waals surface area (Å²) in [5.74, 6) is -0.178. The predicted octanol–water partition coefficient (Wildman–Crippen LogP) is 4.30. The molecule has 0 aliphatic rings. The summed E-state index contributed by atoms with van der Waals surface area (Å²) < 4.78 is 26.7. The third-order valence-corrected chi connectivity index (χ3v) is 7.49. The Morgan fingerprint density at radius 3 is 2.41 bits per heavy atom. The molecule has 3 aromatic rings. The van der Waals surface area contributed by atoms with Gasteiger partial charge in [-0.2, -0.15) is 0 Å². The topological polar surface area (TPSA) is 70.6 Å². The number of hydrogen-bond acceptors (Lipinski definition) is 5. The minimum Gasteiger partial charge on any atom is -0.284 e. The summed E-state index contributed by atoms with van der Waals surface area (Å²) in [7, 11) is -0.565. The van der Waals surface area contributed by atoms with Gasteiger partial charge >= 0.3 is 0 Å². The second-order valence-corrected chi connectivity index (χ2v) is 10.3. The molecule has 0 unspecified atom stereocenters. The first kappa shape index (κ1) is 21.4. The molecule has 1 aromatic heterocycles. The van der Waals surface area contributed by atoms with Crippen LogP contribution in [0.3, 0.4) is 0 Å². The second kappa shape index (κ2) is 8.61. The molecule has 8 heteroatoms. The van der Waals surface area contributed by atoms with E-state index in [2.05, 4.69) is 18.0 Å². The molecule has 0 atom stereocenters. The van der Waals surface area contributed by atoms with Crippen molar-refractivity contribution in [2.24, 2.45) is 0 Å². The summed E-state index contributed by atoms with van der Waals surface area (Å²) in [6.07, 6.45) is 1.81. The third kappa shape index (κ3) is 4.49. The Balaban J connectivity index is 1.94. The zero-order chi connectivity index (χ0) is 21.2. The van der Waals surface area contributed by atoms with Gasteiger partial charge in [0, 0.05) is 26.2 Å². The standard InChI is InChI=1S/C21H25N3O3S2/c1-5-6-13-24(21-22-18-12-7-15(2)14-19(18)28-21)20(25)16-8-10-17(11-9-16)29(26,27)23(3)4/h7-12,14H,5-6,13H2,1-4H3. The highest BCUT2D eigenvalue weighted by Crippen LogP contribution is 2.31. The van der Waals surface area contributed by atoms with Crippen LogP contribution in [-0.4, -0.2) is 44.3 Å². The molecular formula is C21H25N3O3S2. The van der Waals surface area contributed by atoms with Crippen molar-refractivity contribution in [1.82, 2.24) is 9.29 Å². The molecular weight excluding hydrogens is 406 g/mol. The summed E-state index contributed by atoms with van der Waals surface area (Å²) in [6, 6.07) is 12.1. The van der Waals surface area contributed by atoms with Crippen molar-refractivity contribution in [3.05, 3.63) is 53.6 Å². The van der Waals surface area contributed by atoms with Gasteiger partial charge in [-0.25, -0.2) is 17.7 Å². The van der Waals surface area contributed by atoms with Gasteiger partial charge in [0.1, 0.15) is 0 Å². The lowest BCUT2D eigenvalue weighted by Gasteiger charge is -2.20. The van der Waals surface area contributed by atoms with Crippen LogP contribution in [0.25, 0.3) is 10.2 Å². The number of aryl methyl sites for hydroxylation is 1. The highest BCUT2D eigenvalue weighted by atomic mass is 32.2. The number of fused-ring (bicyclic) bond motifs is 1. The Morgan fingerprint density at radius 2 is 1.79 bits per heavy atom. The number of benzene rings is 2. The van der Waals surface area contributed by atoms with Crippen molar-refractivity contribution in [1.29, 1.82) is 0 Å². The minimum absolute atomic E-state index is 0.162. The monoisotopic (exact) mass is 431 g/mol. The Bertz CT molecular complexity index is 1120. The van der Waals surface area contributed by atoms with Gasteiger partial charge in [0.2, 0.25) is 10.0 Å². The van der Waals surface area contributed by atoms with Crippen molar-refractivity contribution < 1.29 is 13.2 Å². The van der Waals surface area contributed by atoms with Crippen molar-refractivity contribution in [2.75, 3.05) is 25.5 Å². The summed E-state index contributed by atoms with van der Waals surface area (Å²) in [5.41, 5.74) is 2.46. The molecule has 0 radical (unpaired) electrons. The number of anilines is 1. The maximum Gasteiger partial charge on any atom is 0.260 e. The van der Waals surface area contributed by atoms with E-state index >= 15 is 0 Å². The minimum atomic E-state index is -3.53. The number of aromatic nitrogens is 1. The van der Waals surface area contributed by atoms with Gasteiger partial charge in [-0.1, -0.05) is 30.7 Å². The molecule has 0 N–H and O–H groups in total. The largest absolute Gasteiger partial charge is 0.284 e. The molecule has 0 saturated carbocycles. The number of hydrogen-bond donors (Lipinski definition) is 0. The number of sulfonamides is 1. The van der Waals surface area contributed by atoms with E-state index in [0.29, 0.717) is 17.2 Å². The van der Waals surface area contributed by atoms with E-state index in [4.69, 9.17) is 0 Å². The van der Waals surface area contributed by atoms with Crippen molar-refractivity contribution in [3.8, 4) is 0 Å². The second-order valence-electron chi connectivity index (χ2n) is 7.09. The SMILES string of the molecule is CCCCN(C(=O)c1ccc(S(=O)(=O)N(C)C)cc1)c1nc2ccc(C)cc2s1. The molecule has 0 fully saturated rings. The first-order chi connectivity index (χ1) is 13.7. The fourth-order valence-corrected chi connectivity index (χ4v) is 4.86. The van der Waals surface area contributed by atoms with E-state index in [9.17, 15) is 13.2 Å². The van der Waals surface area contributed by atoms with Crippen molar-refractivity contribution in [3.63, 3.8) is 0 Å². The Hall–Kier alpha value is -2.29. The highest BCUT2D eigenvalue weighted by Gasteiger charge is 2.22. The lowest BCUT2D eigenvalue weighted by molar-refractivity contribution is 0.0986. The number of amides is 1. The molecule has 1 amide bonds. The quantitative estimate of drug-likeness (QED) is 0.559. The van der Waals surface area contributed by atoms with Crippen LogP contribution in [0.5, 0.6) is 0 Å². The van der Waals surface area contributed by atoms with Gasteiger partial charge in [-0.3, -0.25) is 9.69 Å². The molecule has 0 aliphatic carbocycles. The maximum atomic E-state index is 13.2. The number of carbonyl (C=O) groups is 1. The van der Waals surface area contributed by atoms with Gasteiger partial charge in [0.15, 0.2) is 5.13 Å². The van der Waals surface area contributed by atoms with Crippen LogP contribution < -0.4 is 4.90 Å². The molecule has 0 aliphatic heterocycles. The van der Waals surface area contributed by atoms with E-state index < -0.39 is 10.0 Å². The van der Waals surface area contributed by atoms with E-state index in [-0.39, 0.29) is 10.8 Å². The van der Waals surface area contributed by atoms with Gasteiger partial charge in [0.25, 0.3) is 5.91 Å². The zero-order valence-electron chi connectivity index (χ0n) is 17.0. The summed E-state index contributed by atoms with van der Waals surface area (Å²) >= 11 is 1.50. The van der Waals surface area contributed by atoms with Crippen LogP contribution in [0, 0.1) is 6.92 Å². The lowest BCUT2D eigenvalue weighted by atomic mass is 10.2. The summed E-state index contributed by atoms with van der Waals surface area (Å²) in [6.45, 7) is 4.67. The van der Waals surface area contributed by atoms with Crippen LogP contribution in [0.15, 0.2) is 47.4 Å². The maximum absolute atomic E-state index is 13.2. The summed E-state index contributed by atoms with van der Waals surface area (Å²) in [4.78, 5) is 19.7. The highest BCUT2D eigenvalue weighted by molar-refractivity contribution is 7.89. The van der Waals surface area contributed by atoms with Crippen LogP contribution in [0.4, 0.5) is 5.13 Å². The molecule has 3 rings (SSSR count). The third-order valence-electron chi connectivity index (χ3n) is 4.62.